The lowest BCUT2D eigenvalue weighted by atomic mass is 9.98. The van der Waals surface area contributed by atoms with Gasteiger partial charge in [-0.25, -0.2) is 0 Å². The second kappa shape index (κ2) is 6.65. The molecule has 2 aromatic rings. The van der Waals surface area contributed by atoms with Crippen LogP contribution in [0.5, 0.6) is 11.5 Å². The highest BCUT2D eigenvalue weighted by Crippen LogP contribution is 2.39. The van der Waals surface area contributed by atoms with E-state index in [2.05, 4.69) is 6.92 Å². The molecule has 0 radical (unpaired) electrons. The standard InChI is InChI=1S/C20H21NO3S/c1-13-6-8-21(9-7-13)12-16-17(22)5-4-15-19(23)18(24-20(15)16)11-14-3-2-10-25-14/h2-5,10-11,13,22H,6-9,12H2,1H3/p+1/b18-11-. The fourth-order valence-electron chi connectivity index (χ4n) is 3.57. The minimum absolute atomic E-state index is 0.105. The number of benzene rings is 1. The number of hydrogen-bond donors (Lipinski definition) is 2. The molecule has 130 valence electrons. The molecule has 0 unspecified atom stereocenters. The number of phenolic OH excluding ortho intramolecular Hbond substituents is 1. The number of Topliss-reactive ketones (excluding diaryl/α,β-unsaturated/α-hetero) is 1. The highest BCUT2D eigenvalue weighted by molar-refractivity contribution is 7.10. The third-order valence-electron chi connectivity index (χ3n) is 5.14. The van der Waals surface area contributed by atoms with Gasteiger partial charge in [0.05, 0.1) is 24.2 Å². The van der Waals surface area contributed by atoms with Gasteiger partial charge in [-0.2, -0.15) is 0 Å². The van der Waals surface area contributed by atoms with Crippen molar-refractivity contribution in [2.75, 3.05) is 13.1 Å². The molecule has 0 amide bonds. The van der Waals surface area contributed by atoms with Crippen molar-refractivity contribution >= 4 is 23.2 Å². The maximum atomic E-state index is 12.6. The van der Waals surface area contributed by atoms with E-state index in [1.54, 1.807) is 29.5 Å². The van der Waals surface area contributed by atoms with Crippen LogP contribution in [0.1, 0.15) is 40.6 Å². The first kappa shape index (κ1) is 16.4. The molecule has 5 heteroatoms. The molecule has 1 fully saturated rings. The van der Waals surface area contributed by atoms with Gasteiger partial charge in [-0.05, 0) is 42.3 Å². The van der Waals surface area contributed by atoms with Gasteiger partial charge in [0.1, 0.15) is 12.3 Å². The number of ether oxygens (including phenoxy) is 1. The summed E-state index contributed by atoms with van der Waals surface area (Å²) in [6.07, 6.45) is 4.19. The Kier molecular flexibility index (Phi) is 4.36. The minimum atomic E-state index is -0.105. The summed E-state index contributed by atoms with van der Waals surface area (Å²) < 4.78 is 5.91. The molecular weight excluding hydrogens is 334 g/mol. The number of hydrogen-bond acceptors (Lipinski definition) is 4. The number of piperidine rings is 1. The molecule has 0 atom stereocenters. The van der Waals surface area contributed by atoms with Crippen LogP contribution in [0.15, 0.2) is 35.4 Å². The molecule has 1 aromatic carbocycles. The van der Waals surface area contributed by atoms with Crippen molar-refractivity contribution in [3.05, 3.63) is 51.4 Å². The number of quaternary nitrogens is 1. The second-order valence-electron chi connectivity index (χ2n) is 7.00. The SMILES string of the molecule is CC1CC[NH+](Cc2c(O)ccc3c2O/C(=C\c2cccs2)C3=O)CC1. The summed E-state index contributed by atoms with van der Waals surface area (Å²) in [7, 11) is 0. The summed E-state index contributed by atoms with van der Waals surface area (Å²) in [6.45, 7) is 5.17. The summed E-state index contributed by atoms with van der Waals surface area (Å²) in [5, 5.41) is 12.3. The Morgan fingerprint density at radius 3 is 2.84 bits per heavy atom. The Morgan fingerprint density at radius 1 is 1.32 bits per heavy atom. The average molecular weight is 356 g/mol. The first-order chi connectivity index (χ1) is 12.1. The van der Waals surface area contributed by atoms with Gasteiger partial charge >= 0.3 is 0 Å². The number of allylic oxidation sites excluding steroid dienone is 1. The van der Waals surface area contributed by atoms with Crippen LogP contribution in [0.4, 0.5) is 0 Å². The van der Waals surface area contributed by atoms with Crippen molar-refractivity contribution in [1.82, 2.24) is 0 Å². The zero-order valence-electron chi connectivity index (χ0n) is 14.2. The molecular formula is C20H22NO3S+. The van der Waals surface area contributed by atoms with Crippen LogP contribution < -0.4 is 9.64 Å². The van der Waals surface area contributed by atoms with Gasteiger partial charge in [0.15, 0.2) is 11.5 Å². The fraction of sp³-hybridized carbons (Fsp3) is 0.350. The van der Waals surface area contributed by atoms with E-state index >= 15 is 0 Å². The Labute approximate surface area is 151 Å². The molecule has 0 bridgehead atoms. The summed E-state index contributed by atoms with van der Waals surface area (Å²) >= 11 is 1.56. The zero-order valence-corrected chi connectivity index (χ0v) is 15.1. The van der Waals surface area contributed by atoms with Crippen LogP contribution in [0.25, 0.3) is 6.08 Å². The van der Waals surface area contributed by atoms with Crippen molar-refractivity contribution < 1.29 is 19.5 Å². The quantitative estimate of drug-likeness (QED) is 0.832. The number of ketones is 1. The molecule has 0 aliphatic carbocycles. The third kappa shape index (κ3) is 3.22. The number of fused-ring (bicyclic) bond motifs is 1. The van der Waals surface area contributed by atoms with Crippen LogP contribution >= 0.6 is 11.3 Å². The molecule has 1 saturated heterocycles. The van der Waals surface area contributed by atoms with Crippen molar-refractivity contribution in [3.8, 4) is 11.5 Å². The summed E-state index contributed by atoms with van der Waals surface area (Å²) in [5.74, 6) is 1.77. The summed E-state index contributed by atoms with van der Waals surface area (Å²) in [5.41, 5.74) is 1.31. The third-order valence-corrected chi connectivity index (χ3v) is 5.96. The largest absolute Gasteiger partial charge is 0.507 e. The normalized spacial score (nSPS) is 24.4. The maximum absolute atomic E-state index is 12.6. The second-order valence-corrected chi connectivity index (χ2v) is 7.98. The van der Waals surface area contributed by atoms with Gasteiger partial charge in [-0.1, -0.05) is 13.0 Å². The Morgan fingerprint density at radius 2 is 2.12 bits per heavy atom. The van der Waals surface area contributed by atoms with Crippen LogP contribution in [-0.4, -0.2) is 24.0 Å². The lowest BCUT2D eigenvalue weighted by molar-refractivity contribution is -0.919. The molecule has 2 N–H and O–H groups in total. The zero-order chi connectivity index (χ0) is 17.4. The molecule has 2 aliphatic rings. The molecule has 25 heavy (non-hydrogen) atoms. The predicted octanol–water partition coefficient (Wildman–Crippen LogP) is 2.88. The van der Waals surface area contributed by atoms with Gasteiger partial charge in [0, 0.05) is 11.0 Å². The van der Waals surface area contributed by atoms with E-state index in [9.17, 15) is 9.90 Å². The maximum Gasteiger partial charge on any atom is 0.232 e. The molecule has 2 aliphatic heterocycles. The van der Waals surface area contributed by atoms with Crippen molar-refractivity contribution in [1.29, 1.82) is 0 Å². The number of phenols is 1. The number of carbonyl (C=O) groups is 1. The van der Waals surface area contributed by atoms with Gasteiger partial charge in [-0.15, -0.1) is 11.3 Å². The smallest absolute Gasteiger partial charge is 0.232 e. The lowest BCUT2D eigenvalue weighted by Gasteiger charge is -2.27. The topological polar surface area (TPSA) is 51.0 Å². The number of likely N-dealkylation sites (tertiary alicyclic amines) is 1. The van der Waals surface area contributed by atoms with Crippen LogP contribution in [0.2, 0.25) is 0 Å². The predicted molar refractivity (Wildman–Crippen MR) is 98.2 cm³/mol. The van der Waals surface area contributed by atoms with E-state index in [0.29, 0.717) is 23.6 Å². The number of rotatable bonds is 3. The van der Waals surface area contributed by atoms with E-state index in [0.717, 1.165) is 29.4 Å². The van der Waals surface area contributed by atoms with Gasteiger partial charge in [0.25, 0.3) is 0 Å². The number of nitrogens with one attached hydrogen (secondary N) is 1. The average Bonchev–Trinajstić information content (AvgIpc) is 3.22. The first-order valence-corrected chi connectivity index (χ1v) is 9.66. The van der Waals surface area contributed by atoms with Crippen LogP contribution in [0.3, 0.4) is 0 Å². The van der Waals surface area contributed by atoms with Crippen molar-refractivity contribution in [3.63, 3.8) is 0 Å². The summed E-state index contributed by atoms with van der Waals surface area (Å²) in [6, 6.07) is 7.19. The van der Waals surface area contributed by atoms with E-state index < -0.39 is 0 Å². The van der Waals surface area contributed by atoms with E-state index in [4.69, 9.17) is 4.74 Å². The highest BCUT2D eigenvalue weighted by Gasteiger charge is 2.33. The molecule has 4 nitrogen and oxygen atoms in total. The number of carbonyl (C=O) groups excluding carboxylic acids is 1. The van der Waals surface area contributed by atoms with Crippen LogP contribution in [0, 0.1) is 5.92 Å². The van der Waals surface area contributed by atoms with E-state index in [-0.39, 0.29) is 11.5 Å². The molecule has 0 saturated carbocycles. The monoisotopic (exact) mass is 356 g/mol. The number of aromatic hydroxyl groups is 1. The van der Waals surface area contributed by atoms with Crippen LogP contribution in [-0.2, 0) is 6.54 Å². The van der Waals surface area contributed by atoms with Gasteiger partial charge in [0.2, 0.25) is 5.78 Å². The molecule has 3 heterocycles. The first-order valence-electron chi connectivity index (χ1n) is 8.78. The Balaban J connectivity index is 1.62. The van der Waals surface area contributed by atoms with E-state index in [1.807, 2.05) is 17.5 Å². The molecule has 4 rings (SSSR count). The molecule has 1 aromatic heterocycles. The van der Waals surface area contributed by atoms with E-state index in [1.165, 1.54) is 17.7 Å². The number of thiophene rings is 1. The summed E-state index contributed by atoms with van der Waals surface area (Å²) in [4.78, 5) is 15.1. The van der Waals surface area contributed by atoms with Gasteiger partial charge in [-0.3, -0.25) is 4.79 Å². The van der Waals surface area contributed by atoms with Gasteiger partial charge < -0.3 is 14.7 Å². The minimum Gasteiger partial charge on any atom is -0.507 e. The Bertz CT molecular complexity index is 818. The Hall–Kier alpha value is -2.11. The fourth-order valence-corrected chi connectivity index (χ4v) is 4.21. The highest BCUT2D eigenvalue weighted by atomic mass is 32.1. The molecule has 0 spiro atoms. The lowest BCUT2D eigenvalue weighted by Crippen LogP contribution is -3.11. The van der Waals surface area contributed by atoms with Crippen molar-refractivity contribution in [2.45, 2.75) is 26.3 Å². The van der Waals surface area contributed by atoms with Crippen molar-refractivity contribution in [2.24, 2.45) is 5.92 Å².